The van der Waals surface area contributed by atoms with E-state index in [1.165, 1.54) is 12.1 Å². The molecule has 4 nitrogen and oxygen atoms in total. The first-order chi connectivity index (χ1) is 11.5. The Morgan fingerprint density at radius 2 is 1.79 bits per heavy atom. The highest BCUT2D eigenvalue weighted by molar-refractivity contribution is 9.10. The van der Waals surface area contributed by atoms with E-state index in [1.807, 2.05) is 12.1 Å². The average Bonchev–Trinajstić information content (AvgIpc) is 2.61. The summed E-state index contributed by atoms with van der Waals surface area (Å²) < 4.78 is 24.7. The van der Waals surface area contributed by atoms with Crippen molar-refractivity contribution < 1.29 is 18.7 Å². The summed E-state index contributed by atoms with van der Waals surface area (Å²) >= 11 is 3.32. The number of rotatable bonds is 3. The van der Waals surface area contributed by atoms with E-state index in [0.717, 1.165) is 11.1 Å². The second-order valence-electron chi connectivity index (χ2n) is 5.58. The van der Waals surface area contributed by atoms with Gasteiger partial charge in [0.15, 0.2) is 11.5 Å². The molecule has 0 bridgehead atoms. The monoisotopic (exact) mass is 393 g/mol. The molecule has 6 heteroatoms. The Kier molecular flexibility index (Phi) is 4.76. The zero-order valence-electron chi connectivity index (χ0n) is 13.4. The molecule has 24 heavy (non-hydrogen) atoms. The zero-order chi connectivity index (χ0) is 17.3. The molecule has 0 N–H and O–H groups in total. The van der Waals surface area contributed by atoms with E-state index >= 15 is 0 Å². The quantitative estimate of drug-likeness (QED) is 0.795. The molecule has 1 aliphatic rings. The van der Waals surface area contributed by atoms with E-state index in [9.17, 15) is 9.18 Å². The fraction of sp³-hybridized carbons (Fsp3) is 0.278. The number of halogens is 2. The number of carbonyl (C=O) groups excluding carboxylic acids is 1. The second kappa shape index (κ2) is 6.81. The molecule has 1 heterocycles. The van der Waals surface area contributed by atoms with Gasteiger partial charge >= 0.3 is 0 Å². The van der Waals surface area contributed by atoms with E-state index in [-0.39, 0.29) is 5.91 Å². The van der Waals surface area contributed by atoms with Crippen LogP contribution in [0, 0.1) is 5.82 Å². The lowest BCUT2D eigenvalue weighted by molar-refractivity contribution is 0.0733. The predicted molar refractivity (Wildman–Crippen MR) is 92.1 cm³/mol. The van der Waals surface area contributed by atoms with Crippen LogP contribution >= 0.6 is 15.9 Å². The Bertz CT molecular complexity index is 794. The van der Waals surface area contributed by atoms with Crippen LogP contribution in [-0.4, -0.2) is 31.6 Å². The summed E-state index contributed by atoms with van der Waals surface area (Å²) in [5.41, 5.74) is 2.48. The summed E-state index contributed by atoms with van der Waals surface area (Å²) in [6.07, 6.45) is 0.717. The molecule has 0 unspecified atom stereocenters. The third-order valence-electron chi connectivity index (χ3n) is 4.16. The van der Waals surface area contributed by atoms with Crippen LogP contribution in [-0.2, 0) is 13.0 Å². The smallest absolute Gasteiger partial charge is 0.255 e. The first kappa shape index (κ1) is 16.8. The van der Waals surface area contributed by atoms with Crippen molar-refractivity contribution in [3.8, 4) is 11.5 Å². The maximum Gasteiger partial charge on any atom is 0.255 e. The van der Waals surface area contributed by atoms with Crippen molar-refractivity contribution >= 4 is 21.8 Å². The van der Waals surface area contributed by atoms with Gasteiger partial charge in [-0.3, -0.25) is 4.79 Å². The number of carbonyl (C=O) groups is 1. The van der Waals surface area contributed by atoms with Crippen LogP contribution < -0.4 is 9.47 Å². The van der Waals surface area contributed by atoms with Crippen molar-refractivity contribution in [1.29, 1.82) is 0 Å². The van der Waals surface area contributed by atoms with Crippen LogP contribution in [0.25, 0.3) is 0 Å². The lowest BCUT2D eigenvalue weighted by atomic mass is 9.98. The summed E-state index contributed by atoms with van der Waals surface area (Å²) in [4.78, 5) is 14.4. The standard InChI is InChI=1S/C18H17BrFNO3/c1-23-16-7-11-5-6-21(10-12(11)8-17(16)24-2)18(22)14-9-13(20)3-4-15(14)19/h3-4,7-9H,5-6,10H2,1-2H3. The van der Waals surface area contributed by atoms with Crippen LogP contribution in [0.2, 0.25) is 0 Å². The predicted octanol–water partition coefficient (Wildman–Crippen LogP) is 3.80. The van der Waals surface area contributed by atoms with E-state index in [0.29, 0.717) is 41.0 Å². The Morgan fingerprint density at radius 3 is 2.46 bits per heavy atom. The molecule has 1 amide bonds. The average molecular weight is 394 g/mol. The van der Waals surface area contributed by atoms with E-state index in [4.69, 9.17) is 9.47 Å². The summed E-state index contributed by atoms with van der Waals surface area (Å²) in [5.74, 6) is 0.702. The maximum atomic E-state index is 13.5. The highest BCUT2D eigenvalue weighted by atomic mass is 79.9. The van der Waals surface area contributed by atoms with Gasteiger partial charge in [0, 0.05) is 17.6 Å². The fourth-order valence-corrected chi connectivity index (χ4v) is 3.30. The minimum Gasteiger partial charge on any atom is -0.493 e. The molecule has 1 aliphatic heterocycles. The number of hydrogen-bond acceptors (Lipinski definition) is 3. The highest BCUT2D eigenvalue weighted by Gasteiger charge is 2.25. The van der Waals surface area contributed by atoms with Gasteiger partial charge in [-0.25, -0.2) is 4.39 Å². The summed E-state index contributed by atoms with van der Waals surface area (Å²) in [7, 11) is 3.18. The molecule has 0 aliphatic carbocycles. The summed E-state index contributed by atoms with van der Waals surface area (Å²) in [6.45, 7) is 1.03. The number of amides is 1. The van der Waals surface area contributed by atoms with Crippen LogP contribution in [0.4, 0.5) is 4.39 Å². The molecule has 0 fully saturated rings. The molecule has 0 saturated carbocycles. The van der Waals surface area contributed by atoms with Gasteiger partial charge in [-0.15, -0.1) is 0 Å². The van der Waals surface area contributed by atoms with Crippen LogP contribution in [0.15, 0.2) is 34.8 Å². The molecule has 2 aromatic carbocycles. The van der Waals surface area contributed by atoms with E-state index in [2.05, 4.69) is 15.9 Å². The number of methoxy groups -OCH3 is 2. The molecular weight excluding hydrogens is 377 g/mol. The van der Waals surface area contributed by atoms with Gasteiger partial charge in [0.2, 0.25) is 0 Å². The molecule has 126 valence electrons. The third kappa shape index (κ3) is 3.11. The number of nitrogens with zero attached hydrogens (tertiary/aromatic N) is 1. The molecule has 0 saturated heterocycles. The van der Waals surface area contributed by atoms with Crippen LogP contribution in [0.3, 0.4) is 0 Å². The molecule has 0 radical (unpaired) electrons. The number of fused-ring (bicyclic) bond motifs is 1. The van der Waals surface area contributed by atoms with Crippen molar-refractivity contribution in [2.75, 3.05) is 20.8 Å². The Balaban J connectivity index is 1.89. The summed E-state index contributed by atoms with van der Waals surface area (Å²) in [6, 6.07) is 7.98. The first-order valence-electron chi connectivity index (χ1n) is 7.51. The molecule has 0 atom stereocenters. The molecule has 0 aromatic heterocycles. The van der Waals surface area contributed by atoms with Crippen LogP contribution in [0.1, 0.15) is 21.5 Å². The molecule has 3 rings (SSSR count). The molecule has 0 spiro atoms. The lowest BCUT2D eigenvalue weighted by Gasteiger charge is -2.30. The SMILES string of the molecule is COc1cc2c(cc1OC)CN(C(=O)c1cc(F)ccc1Br)CC2. The van der Waals surface area contributed by atoms with Crippen molar-refractivity contribution in [2.24, 2.45) is 0 Å². The van der Waals surface area contributed by atoms with Gasteiger partial charge in [-0.2, -0.15) is 0 Å². The summed E-state index contributed by atoms with van der Waals surface area (Å²) in [5, 5.41) is 0. The first-order valence-corrected chi connectivity index (χ1v) is 8.31. The van der Waals surface area contributed by atoms with Crippen LogP contribution in [0.5, 0.6) is 11.5 Å². The zero-order valence-corrected chi connectivity index (χ0v) is 15.0. The molecule has 2 aromatic rings. The fourth-order valence-electron chi connectivity index (χ4n) is 2.89. The van der Waals surface area contributed by atoms with E-state index < -0.39 is 5.82 Å². The normalized spacial score (nSPS) is 13.4. The maximum absolute atomic E-state index is 13.5. The highest BCUT2D eigenvalue weighted by Crippen LogP contribution is 2.33. The van der Waals surface area contributed by atoms with Gasteiger partial charge in [-0.05, 0) is 63.8 Å². The van der Waals surface area contributed by atoms with Crippen molar-refractivity contribution in [3.63, 3.8) is 0 Å². The Labute approximate surface area is 148 Å². The number of benzene rings is 2. The topological polar surface area (TPSA) is 38.8 Å². The van der Waals surface area contributed by atoms with Crippen molar-refractivity contribution in [2.45, 2.75) is 13.0 Å². The van der Waals surface area contributed by atoms with Gasteiger partial charge in [0.1, 0.15) is 5.82 Å². The number of hydrogen-bond donors (Lipinski definition) is 0. The van der Waals surface area contributed by atoms with Gasteiger partial charge in [0.05, 0.1) is 19.8 Å². The number of ether oxygens (including phenoxy) is 2. The minimum absolute atomic E-state index is 0.193. The largest absolute Gasteiger partial charge is 0.493 e. The van der Waals surface area contributed by atoms with Crippen molar-refractivity contribution in [3.05, 3.63) is 57.3 Å². The van der Waals surface area contributed by atoms with Gasteiger partial charge in [-0.1, -0.05) is 0 Å². The third-order valence-corrected chi connectivity index (χ3v) is 4.86. The Hall–Kier alpha value is -2.08. The Morgan fingerprint density at radius 1 is 1.12 bits per heavy atom. The van der Waals surface area contributed by atoms with Gasteiger partial charge in [0.25, 0.3) is 5.91 Å². The lowest BCUT2D eigenvalue weighted by Crippen LogP contribution is -2.36. The van der Waals surface area contributed by atoms with E-state index in [1.54, 1.807) is 25.2 Å². The molecular formula is C18H17BrFNO3. The van der Waals surface area contributed by atoms with Crippen molar-refractivity contribution in [1.82, 2.24) is 4.90 Å². The van der Waals surface area contributed by atoms with Gasteiger partial charge < -0.3 is 14.4 Å². The second-order valence-corrected chi connectivity index (χ2v) is 6.43. The minimum atomic E-state index is -0.426.